The lowest BCUT2D eigenvalue weighted by atomic mass is 10.1. The van der Waals surface area contributed by atoms with Gasteiger partial charge in [0.1, 0.15) is 11.9 Å². The van der Waals surface area contributed by atoms with Crippen molar-refractivity contribution in [2.45, 2.75) is 25.8 Å². The number of hydrogen-bond acceptors (Lipinski definition) is 5. The molecule has 0 unspecified atom stereocenters. The van der Waals surface area contributed by atoms with E-state index in [1.807, 2.05) is 48.2 Å². The molecular weight excluding hydrogens is 357 g/mol. The van der Waals surface area contributed by atoms with E-state index < -0.39 is 5.82 Å². The molecule has 1 aromatic carbocycles. The average molecular weight is 377 g/mol. The van der Waals surface area contributed by atoms with E-state index in [1.165, 1.54) is 0 Å². The minimum absolute atomic E-state index is 0.0713. The summed E-state index contributed by atoms with van der Waals surface area (Å²) >= 11 is 0. The first-order valence-electron chi connectivity index (χ1n) is 9.19. The van der Waals surface area contributed by atoms with E-state index in [4.69, 9.17) is 0 Å². The van der Waals surface area contributed by atoms with Crippen molar-refractivity contribution in [3.63, 3.8) is 0 Å². The number of halogens is 1. The van der Waals surface area contributed by atoms with Gasteiger partial charge in [-0.1, -0.05) is 12.1 Å². The van der Waals surface area contributed by atoms with Gasteiger partial charge in [0.2, 0.25) is 5.91 Å². The standard InChI is InChI=1S/C21H20FN5O/c1-14-7-8-16(11-17(14)20-24-12-15(22)13-25-20)26-21(28)18-5-4-10-27(18)19-6-2-3-9-23-19/h2-3,6-9,11-13,18H,4-5,10H2,1H3,(H,26,28)/t18-/m0/s1. The van der Waals surface area contributed by atoms with Gasteiger partial charge in [-0.3, -0.25) is 4.79 Å². The highest BCUT2D eigenvalue weighted by Crippen LogP contribution is 2.27. The lowest BCUT2D eigenvalue weighted by molar-refractivity contribution is -0.117. The van der Waals surface area contributed by atoms with Crippen LogP contribution in [0.4, 0.5) is 15.9 Å². The van der Waals surface area contributed by atoms with Gasteiger partial charge in [-0.25, -0.2) is 19.3 Å². The summed E-state index contributed by atoms with van der Waals surface area (Å²) in [5.41, 5.74) is 2.36. The molecule has 0 aliphatic carbocycles. The number of carbonyl (C=O) groups is 1. The van der Waals surface area contributed by atoms with Crippen molar-refractivity contribution in [3.8, 4) is 11.4 Å². The monoisotopic (exact) mass is 377 g/mol. The van der Waals surface area contributed by atoms with Crippen LogP contribution in [0.2, 0.25) is 0 Å². The Labute approximate surface area is 162 Å². The fourth-order valence-corrected chi connectivity index (χ4v) is 3.45. The van der Waals surface area contributed by atoms with Crippen molar-refractivity contribution < 1.29 is 9.18 Å². The molecule has 1 fully saturated rings. The fourth-order valence-electron chi connectivity index (χ4n) is 3.45. The Balaban J connectivity index is 1.55. The second-order valence-electron chi connectivity index (χ2n) is 6.78. The van der Waals surface area contributed by atoms with E-state index in [1.54, 1.807) is 6.20 Å². The zero-order valence-electron chi connectivity index (χ0n) is 15.5. The number of aryl methyl sites for hydroxylation is 1. The molecule has 1 N–H and O–H groups in total. The molecule has 1 amide bonds. The van der Waals surface area contributed by atoms with Gasteiger partial charge < -0.3 is 10.2 Å². The summed E-state index contributed by atoms with van der Waals surface area (Å²) < 4.78 is 13.1. The molecule has 1 atom stereocenters. The van der Waals surface area contributed by atoms with Gasteiger partial charge in [0, 0.05) is 24.0 Å². The van der Waals surface area contributed by atoms with Crippen molar-refractivity contribution in [2.24, 2.45) is 0 Å². The van der Waals surface area contributed by atoms with E-state index in [9.17, 15) is 9.18 Å². The van der Waals surface area contributed by atoms with Gasteiger partial charge in [0.25, 0.3) is 0 Å². The number of aromatic nitrogens is 3. The number of pyridine rings is 1. The summed E-state index contributed by atoms with van der Waals surface area (Å²) in [6.45, 7) is 2.73. The first kappa shape index (κ1) is 18.0. The van der Waals surface area contributed by atoms with Crippen LogP contribution in [-0.4, -0.2) is 33.4 Å². The van der Waals surface area contributed by atoms with E-state index in [-0.39, 0.29) is 11.9 Å². The molecule has 142 valence electrons. The summed E-state index contributed by atoms with van der Waals surface area (Å²) in [6.07, 6.45) is 5.73. The van der Waals surface area contributed by atoms with Crippen molar-refractivity contribution >= 4 is 17.4 Å². The van der Waals surface area contributed by atoms with Crippen LogP contribution in [-0.2, 0) is 4.79 Å². The summed E-state index contributed by atoms with van der Waals surface area (Å²) in [6, 6.07) is 11.0. The number of amides is 1. The summed E-state index contributed by atoms with van der Waals surface area (Å²) in [7, 11) is 0. The number of hydrogen-bond donors (Lipinski definition) is 1. The third-order valence-electron chi connectivity index (χ3n) is 4.87. The molecule has 2 aromatic heterocycles. The molecule has 0 saturated carbocycles. The van der Waals surface area contributed by atoms with Crippen molar-refractivity contribution in [3.05, 3.63) is 66.4 Å². The topological polar surface area (TPSA) is 71.0 Å². The molecule has 1 aliphatic heterocycles. The van der Waals surface area contributed by atoms with Crippen LogP contribution in [0.5, 0.6) is 0 Å². The molecule has 6 nitrogen and oxygen atoms in total. The minimum Gasteiger partial charge on any atom is -0.345 e. The molecule has 1 saturated heterocycles. The van der Waals surface area contributed by atoms with Gasteiger partial charge in [0.05, 0.1) is 12.4 Å². The number of rotatable bonds is 4. The molecule has 4 rings (SSSR count). The van der Waals surface area contributed by atoms with Crippen molar-refractivity contribution in [1.29, 1.82) is 0 Å². The number of anilines is 2. The first-order valence-corrected chi connectivity index (χ1v) is 9.19. The van der Waals surface area contributed by atoms with Crippen LogP contribution in [0.1, 0.15) is 18.4 Å². The molecular formula is C21H20FN5O. The Morgan fingerprint density at radius 3 is 2.75 bits per heavy atom. The van der Waals surface area contributed by atoms with Gasteiger partial charge in [-0.15, -0.1) is 0 Å². The second kappa shape index (κ2) is 7.72. The number of carbonyl (C=O) groups excluding carboxylic acids is 1. The van der Waals surface area contributed by atoms with Crippen LogP contribution < -0.4 is 10.2 Å². The highest BCUT2D eigenvalue weighted by Gasteiger charge is 2.31. The molecule has 7 heteroatoms. The summed E-state index contributed by atoms with van der Waals surface area (Å²) in [4.78, 5) is 27.4. The quantitative estimate of drug-likeness (QED) is 0.752. The first-order chi connectivity index (χ1) is 13.6. The zero-order chi connectivity index (χ0) is 19.5. The maximum atomic E-state index is 13.1. The van der Waals surface area contributed by atoms with E-state index in [0.29, 0.717) is 11.5 Å². The molecule has 3 aromatic rings. The van der Waals surface area contributed by atoms with E-state index in [2.05, 4.69) is 20.3 Å². The maximum absolute atomic E-state index is 13.1. The van der Waals surface area contributed by atoms with Crippen LogP contribution in [0, 0.1) is 12.7 Å². The Hall–Kier alpha value is -3.35. The Kier molecular flexibility index (Phi) is 4.97. The van der Waals surface area contributed by atoms with Crippen LogP contribution in [0.25, 0.3) is 11.4 Å². The maximum Gasteiger partial charge on any atom is 0.247 e. The van der Waals surface area contributed by atoms with Gasteiger partial charge >= 0.3 is 0 Å². The fraction of sp³-hybridized carbons (Fsp3) is 0.238. The third kappa shape index (κ3) is 3.69. The molecule has 0 radical (unpaired) electrons. The predicted octanol–water partition coefficient (Wildman–Crippen LogP) is 3.59. The van der Waals surface area contributed by atoms with E-state index in [0.717, 1.165) is 48.7 Å². The van der Waals surface area contributed by atoms with Gasteiger partial charge in [-0.2, -0.15) is 0 Å². The zero-order valence-corrected chi connectivity index (χ0v) is 15.5. The van der Waals surface area contributed by atoms with Crippen molar-refractivity contribution in [1.82, 2.24) is 15.0 Å². The van der Waals surface area contributed by atoms with Gasteiger partial charge in [-0.05, 0) is 49.6 Å². The van der Waals surface area contributed by atoms with Crippen molar-refractivity contribution in [2.75, 3.05) is 16.8 Å². The lowest BCUT2D eigenvalue weighted by Crippen LogP contribution is -2.40. The molecule has 0 bridgehead atoms. The number of benzene rings is 1. The molecule has 0 spiro atoms. The number of nitrogens with zero attached hydrogens (tertiary/aromatic N) is 4. The van der Waals surface area contributed by atoms with Gasteiger partial charge in [0.15, 0.2) is 11.6 Å². The Morgan fingerprint density at radius 2 is 2.00 bits per heavy atom. The van der Waals surface area contributed by atoms with Crippen LogP contribution in [0.15, 0.2) is 55.0 Å². The van der Waals surface area contributed by atoms with Crippen LogP contribution >= 0.6 is 0 Å². The normalized spacial score (nSPS) is 16.2. The summed E-state index contributed by atoms with van der Waals surface area (Å²) in [5, 5.41) is 2.99. The highest BCUT2D eigenvalue weighted by atomic mass is 19.1. The smallest absolute Gasteiger partial charge is 0.247 e. The molecule has 1 aliphatic rings. The third-order valence-corrected chi connectivity index (χ3v) is 4.87. The second-order valence-corrected chi connectivity index (χ2v) is 6.78. The Bertz CT molecular complexity index is 978. The SMILES string of the molecule is Cc1ccc(NC(=O)[C@@H]2CCCN2c2ccccn2)cc1-c1ncc(F)cn1. The average Bonchev–Trinajstić information content (AvgIpc) is 3.21. The number of nitrogens with one attached hydrogen (secondary N) is 1. The van der Waals surface area contributed by atoms with Crippen LogP contribution in [0.3, 0.4) is 0 Å². The summed E-state index contributed by atoms with van der Waals surface area (Å²) in [5.74, 6) is 0.676. The molecule has 28 heavy (non-hydrogen) atoms. The highest BCUT2D eigenvalue weighted by molar-refractivity contribution is 5.97. The predicted molar refractivity (Wildman–Crippen MR) is 105 cm³/mol. The lowest BCUT2D eigenvalue weighted by Gasteiger charge is -2.25. The Morgan fingerprint density at radius 1 is 1.18 bits per heavy atom. The molecule has 3 heterocycles. The largest absolute Gasteiger partial charge is 0.345 e. The minimum atomic E-state index is -0.485. The van der Waals surface area contributed by atoms with E-state index >= 15 is 0 Å².